The van der Waals surface area contributed by atoms with Crippen LogP contribution >= 0.6 is 11.3 Å². The molecule has 0 saturated carbocycles. The summed E-state index contributed by atoms with van der Waals surface area (Å²) in [6, 6.07) is 4.22. The predicted molar refractivity (Wildman–Crippen MR) is 104 cm³/mol. The number of thiophene rings is 1. The van der Waals surface area contributed by atoms with Gasteiger partial charge in [0.2, 0.25) is 0 Å². The first kappa shape index (κ1) is 17.9. The van der Waals surface area contributed by atoms with Crippen LogP contribution < -0.4 is 10.6 Å². The second-order valence-electron chi connectivity index (χ2n) is 6.21. The van der Waals surface area contributed by atoms with E-state index in [1.54, 1.807) is 4.88 Å². The summed E-state index contributed by atoms with van der Waals surface area (Å²) in [7, 11) is 0. The van der Waals surface area contributed by atoms with Crippen LogP contribution in [-0.2, 0) is 19.5 Å². The smallest absolute Gasteiger partial charge is 0.191 e. The molecule has 0 radical (unpaired) electrons. The Labute approximate surface area is 153 Å². The van der Waals surface area contributed by atoms with Crippen LogP contribution in [0.2, 0.25) is 0 Å². The molecule has 3 rings (SSSR count). The summed E-state index contributed by atoms with van der Waals surface area (Å²) in [5, 5.41) is 13.2. The van der Waals surface area contributed by atoms with E-state index in [9.17, 15) is 0 Å². The fraction of sp³-hybridized carbons (Fsp3) is 0.556. The number of fused-ring (bicyclic) bond motifs is 1. The van der Waals surface area contributed by atoms with Crippen molar-refractivity contribution in [3.8, 4) is 0 Å². The van der Waals surface area contributed by atoms with Crippen LogP contribution in [0.3, 0.4) is 0 Å². The Bertz CT molecular complexity index is 648. The summed E-state index contributed by atoms with van der Waals surface area (Å²) in [6.07, 6.45) is 5.99. The normalized spacial score (nSPS) is 15.2. The lowest BCUT2D eigenvalue weighted by Crippen LogP contribution is -2.42. The molecule has 3 heterocycles. The highest BCUT2D eigenvalue weighted by Gasteiger charge is 2.16. The van der Waals surface area contributed by atoms with Gasteiger partial charge < -0.3 is 10.6 Å². The first-order valence-corrected chi connectivity index (χ1v) is 10.0. The zero-order valence-electron chi connectivity index (χ0n) is 14.9. The van der Waals surface area contributed by atoms with E-state index >= 15 is 0 Å². The monoisotopic (exact) mass is 360 g/mol. The van der Waals surface area contributed by atoms with Gasteiger partial charge in [0.05, 0.1) is 0 Å². The van der Waals surface area contributed by atoms with Crippen molar-refractivity contribution in [2.45, 2.75) is 32.9 Å². The van der Waals surface area contributed by atoms with E-state index in [0.29, 0.717) is 0 Å². The molecule has 0 bridgehead atoms. The molecule has 1 aliphatic heterocycles. The number of nitrogens with one attached hydrogen (secondary N) is 2. The molecule has 0 spiro atoms. The number of hydrogen-bond acceptors (Lipinski definition) is 4. The van der Waals surface area contributed by atoms with Gasteiger partial charge in [-0.15, -0.1) is 11.3 Å². The maximum absolute atomic E-state index is 4.66. The maximum Gasteiger partial charge on any atom is 0.191 e. The molecule has 6 nitrogen and oxygen atoms in total. The molecule has 2 aromatic heterocycles. The van der Waals surface area contributed by atoms with E-state index < -0.39 is 0 Å². The molecule has 0 aromatic carbocycles. The van der Waals surface area contributed by atoms with Crippen molar-refractivity contribution >= 4 is 17.3 Å². The van der Waals surface area contributed by atoms with Crippen molar-refractivity contribution in [3.63, 3.8) is 0 Å². The third-order valence-electron chi connectivity index (χ3n) is 4.33. The van der Waals surface area contributed by atoms with Crippen molar-refractivity contribution in [3.05, 3.63) is 40.3 Å². The van der Waals surface area contributed by atoms with Crippen LogP contribution in [0.15, 0.2) is 34.9 Å². The van der Waals surface area contributed by atoms with Gasteiger partial charge in [-0.2, -0.15) is 5.10 Å². The minimum atomic E-state index is 0.803. The molecule has 0 amide bonds. The Hall–Kier alpha value is -1.86. The van der Waals surface area contributed by atoms with Crippen LogP contribution in [-0.4, -0.2) is 53.4 Å². The van der Waals surface area contributed by atoms with Crippen LogP contribution in [0.5, 0.6) is 0 Å². The third kappa shape index (κ3) is 5.57. The van der Waals surface area contributed by atoms with E-state index in [4.69, 9.17) is 0 Å². The third-order valence-corrected chi connectivity index (χ3v) is 5.35. The van der Waals surface area contributed by atoms with Gasteiger partial charge in [0.1, 0.15) is 0 Å². The zero-order chi connectivity index (χ0) is 17.3. The summed E-state index contributed by atoms with van der Waals surface area (Å²) in [5.74, 6) is 0.913. The van der Waals surface area contributed by atoms with Crippen LogP contribution in [0.1, 0.15) is 23.8 Å². The summed E-state index contributed by atoms with van der Waals surface area (Å²) >= 11 is 1.90. The molecule has 2 N–H and O–H groups in total. The molecule has 7 heteroatoms. The first-order valence-electron chi connectivity index (χ1n) is 9.12. The van der Waals surface area contributed by atoms with E-state index in [-0.39, 0.29) is 0 Å². The molecule has 136 valence electrons. The average Bonchev–Trinajstić information content (AvgIpc) is 3.29. The number of rotatable bonds is 8. The Morgan fingerprint density at radius 2 is 2.32 bits per heavy atom. The summed E-state index contributed by atoms with van der Waals surface area (Å²) in [4.78, 5) is 8.74. The second-order valence-corrected chi connectivity index (χ2v) is 7.21. The standard InChI is InChI=1S/C18H28N6S/c1-2-19-18(20-7-3-10-24-11-4-8-22-24)21-9-13-23-12-5-17-16(15-23)6-14-25-17/h4,6,8,11,14H,2-3,5,7,9-10,12-13,15H2,1H3,(H2,19,20,21). The molecular formula is C18H28N6S. The molecule has 0 saturated heterocycles. The van der Waals surface area contributed by atoms with Crippen LogP contribution in [0.25, 0.3) is 0 Å². The molecule has 0 unspecified atom stereocenters. The molecule has 2 aromatic rings. The Morgan fingerprint density at radius 1 is 1.36 bits per heavy atom. The minimum Gasteiger partial charge on any atom is -0.357 e. The van der Waals surface area contributed by atoms with Crippen molar-refractivity contribution in [1.29, 1.82) is 0 Å². The van der Waals surface area contributed by atoms with Gasteiger partial charge >= 0.3 is 0 Å². The summed E-state index contributed by atoms with van der Waals surface area (Å²) in [6.45, 7) is 8.91. The number of guanidine groups is 1. The average molecular weight is 361 g/mol. The lowest BCUT2D eigenvalue weighted by atomic mass is 10.1. The fourth-order valence-corrected chi connectivity index (χ4v) is 3.92. The van der Waals surface area contributed by atoms with E-state index in [1.165, 1.54) is 12.0 Å². The minimum absolute atomic E-state index is 0.803. The Kier molecular flexibility index (Phi) is 6.88. The van der Waals surface area contributed by atoms with E-state index in [1.807, 2.05) is 34.5 Å². The SMILES string of the molecule is CCNC(=NCCCn1cccn1)NCCN1CCc2sccc2C1. The number of aliphatic imine (C=N–C) groups is 1. The lowest BCUT2D eigenvalue weighted by Gasteiger charge is -2.27. The predicted octanol–water partition coefficient (Wildman–Crippen LogP) is 1.95. The second kappa shape index (κ2) is 9.58. The number of nitrogens with zero attached hydrogens (tertiary/aromatic N) is 4. The molecule has 25 heavy (non-hydrogen) atoms. The van der Waals surface area contributed by atoms with Crippen molar-refractivity contribution in [2.24, 2.45) is 4.99 Å². The molecule has 0 aliphatic carbocycles. The quantitative estimate of drug-likeness (QED) is 0.429. The van der Waals surface area contributed by atoms with Gasteiger partial charge in [-0.3, -0.25) is 14.6 Å². The number of aromatic nitrogens is 2. The van der Waals surface area contributed by atoms with Crippen LogP contribution in [0, 0.1) is 0 Å². The zero-order valence-corrected chi connectivity index (χ0v) is 15.8. The number of aryl methyl sites for hydroxylation is 1. The van der Waals surface area contributed by atoms with Crippen LogP contribution in [0.4, 0.5) is 0 Å². The van der Waals surface area contributed by atoms with Gasteiger partial charge in [-0.05, 0) is 42.8 Å². The van der Waals surface area contributed by atoms with E-state index in [0.717, 1.165) is 58.2 Å². The molecular weight excluding hydrogens is 332 g/mol. The van der Waals surface area contributed by atoms with Gasteiger partial charge in [0.15, 0.2) is 5.96 Å². The van der Waals surface area contributed by atoms with Crippen molar-refractivity contribution < 1.29 is 0 Å². The van der Waals surface area contributed by atoms with Gasteiger partial charge in [-0.1, -0.05) is 0 Å². The van der Waals surface area contributed by atoms with Gasteiger partial charge in [0.25, 0.3) is 0 Å². The number of hydrogen-bond donors (Lipinski definition) is 2. The summed E-state index contributed by atoms with van der Waals surface area (Å²) in [5.41, 5.74) is 1.51. The van der Waals surface area contributed by atoms with Gasteiger partial charge in [-0.25, -0.2) is 0 Å². The fourth-order valence-electron chi connectivity index (χ4n) is 3.03. The highest BCUT2D eigenvalue weighted by Crippen LogP contribution is 2.23. The molecule has 1 aliphatic rings. The van der Waals surface area contributed by atoms with E-state index in [2.05, 4.69) is 44.0 Å². The Morgan fingerprint density at radius 3 is 3.16 bits per heavy atom. The van der Waals surface area contributed by atoms with Crippen molar-refractivity contribution in [2.75, 3.05) is 32.7 Å². The molecule has 0 atom stereocenters. The summed E-state index contributed by atoms with van der Waals surface area (Å²) < 4.78 is 1.95. The Balaban J connectivity index is 1.37. The maximum atomic E-state index is 4.66. The first-order chi connectivity index (χ1) is 12.3. The highest BCUT2D eigenvalue weighted by molar-refractivity contribution is 7.10. The lowest BCUT2D eigenvalue weighted by molar-refractivity contribution is 0.260. The van der Waals surface area contributed by atoms with Gasteiger partial charge in [0, 0.05) is 63.1 Å². The molecule has 0 fully saturated rings. The topological polar surface area (TPSA) is 57.5 Å². The van der Waals surface area contributed by atoms with Crippen molar-refractivity contribution in [1.82, 2.24) is 25.3 Å². The highest BCUT2D eigenvalue weighted by atomic mass is 32.1. The largest absolute Gasteiger partial charge is 0.357 e.